The van der Waals surface area contributed by atoms with Gasteiger partial charge in [0.25, 0.3) is 0 Å². The van der Waals surface area contributed by atoms with Crippen LogP contribution >= 0.6 is 0 Å². The number of para-hydroxylation sites is 1. The molecule has 0 amide bonds. The van der Waals surface area contributed by atoms with E-state index in [1.165, 1.54) is 49.8 Å². The summed E-state index contributed by atoms with van der Waals surface area (Å²) in [6.07, 6.45) is 0. The van der Waals surface area contributed by atoms with Crippen LogP contribution in [-0.4, -0.2) is 0 Å². The summed E-state index contributed by atoms with van der Waals surface area (Å²) in [5.74, 6) is 0. The minimum Gasteiger partial charge on any atom is -0.456 e. The lowest BCUT2D eigenvalue weighted by Gasteiger charge is -2.30. The molecule has 9 rings (SSSR count). The van der Waals surface area contributed by atoms with Crippen LogP contribution in [0.15, 0.2) is 156 Å². The number of hydrogen-bond donors (Lipinski definition) is 0. The maximum atomic E-state index is 6.42. The van der Waals surface area contributed by atoms with E-state index in [0.29, 0.717) is 0 Å². The Morgan fingerprint density at radius 1 is 0.511 bits per heavy atom. The van der Waals surface area contributed by atoms with Gasteiger partial charge in [0.15, 0.2) is 0 Å². The Morgan fingerprint density at radius 2 is 1.16 bits per heavy atom. The lowest BCUT2D eigenvalue weighted by Crippen LogP contribution is -2.16. The maximum Gasteiger partial charge on any atom is 0.137 e. The van der Waals surface area contributed by atoms with E-state index >= 15 is 0 Å². The molecular formula is C43H31NO. The zero-order valence-electron chi connectivity index (χ0n) is 25.3. The standard InChI is InChI=1S/C43H31NO/c1-43(2)37-18-10-8-17-36(37)41-38(26-30-14-6-7-15-33(30)42(41)43)44(31-22-20-29(21-23-31)28-12-4-3-5-13-28)32-24-25-35-34-16-9-11-19-39(34)45-40(35)27-32/h3-27H,1-2H3. The SMILES string of the molecule is CC1(C)c2ccccc2-c2c(N(c3ccc(-c4ccccc4)cc3)c3ccc4c(c3)oc3ccccc34)cc3ccccc3c21. The molecule has 0 aliphatic heterocycles. The van der Waals surface area contributed by atoms with Gasteiger partial charge >= 0.3 is 0 Å². The van der Waals surface area contributed by atoms with Crippen molar-refractivity contribution in [2.24, 2.45) is 0 Å². The number of benzene rings is 7. The minimum atomic E-state index is -0.146. The van der Waals surface area contributed by atoms with Crippen LogP contribution in [0.3, 0.4) is 0 Å². The first-order valence-electron chi connectivity index (χ1n) is 15.6. The van der Waals surface area contributed by atoms with Gasteiger partial charge in [0, 0.05) is 39.2 Å². The van der Waals surface area contributed by atoms with Crippen molar-refractivity contribution in [2.75, 3.05) is 4.90 Å². The number of fused-ring (bicyclic) bond motifs is 8. The van der Waals surface area contributed by atoms with Gasteiger partial charge in [0.1, 0.15) is 11.2 Å². The molecule has 0 saturated carbocycles. The van der Waals surface area contributed by atoms with Crippen LogP contribution in [0.1, 0.15) is 25.0 Å². The van der Waals surface area contributed by atoms with Crippen LogP contribution in [-0.2, 0) is 5.41 Å². The van der Waals surface area contributed by atoms with Gasteiger partial charge in [-0.3, -0.25) is 0 Å². The monoisotopic (exact) mass is 577 g/mol. The average Bonchev–Trinajstić information content (AvgIpc) is 3.58. The molecule has 0 unspecified atom stereocenters. The molecule has 0 spiro atoms. The molecule has 214 valence electrons. The highest BCUT2D eigenvalue weighted by molar-refractivity contribution is 6.08. The third-order valence-corrected chi connectivity index (χ3v) is 9.62. The van der Waals surface area contributed by atoms with Crippen molar-refractivity contribution in [3.8, 4) is 22.3 Å². The van der Waals surface area contributed by atoms with E-state index in [1.54, 1.807) is 0 Å². The smallest absolute Gasteiger partial charge is 0.137 e. The molecule has 0 saturated heterocycles. The predicted molar refractivity (Wildman–Crippen MR) is 189 cm³/mol. The van der Waals surface area contributed by atoms with E-state index in [-0.39, 0.29) is 5.41 Å². The molecule has 8 aromatic rings. The van der Waals surface area contributed by atoms with Crippen molar-refractivity contribution in [3.05, 3.63) is 163 Å². The lowest BCUT2D eigenvalue weighted by atomic mass is 9.80. The first-order valence-corrected chi connectivity index (χ1v) is 15.6. The highest BCUT2D eigenvalue weighted by Gasteiger charge is 2.39. The quantitative estimate of drug-likeness (QED) is 0.207. The zero-order valence-corrected chi connectivity index (χ0v) is 25.3. The van der Waals surface area contributed by atoms with Gasteiger partial charge in [-0.1, -0.05) is 123 Å². The largest absolute Gasteiger partial charge is 0.456 e. The lowest BCUT2D eigenvalue weighted by molar-refractivity contribution is 0.666. The van der Waals surface area contributed by atoms with Crippen molar-refractivity contribution in [3.63, 3.8) is 0 Å². The highest BCUT2D eigenvalue weighted by atomic mass is 16.3. The molecule has 0 bridgehead atoms. The fourth-order valence-corrected chi connectivity index (χ4v) is 7.53. The summed E-state index contributed by atoms with van der Waals surface area (Å²) in [6.45, 7) is 4.74. The van der Waals surface area contributed by atoms with Crippen molar-refractivity contribution in [2.45, 2.75) is 19.3 Å². The number of nitrogens with zero attached hydrogens (tertiary/aromatic N) is 1. The van der Waals surface area contributed by atoms with E-state index in [9.17, 15) is 0 Å². The number of anilines is 3. The predicted octanol–water partition coefficient (Wildman–Crippen LogP) is 12.2. The highest BCUT2D eigenvalue weighted by Crippen LogP contribution is 2.56. The molecule has 45 heavy (non-hydrogen) atoms. The summed E-state index contributed by atoms with van der Waals surface area (Å²) in [7, 11) is 0. The van der Waals surface area contributed by atoms with E-state index in [0.717, 1.165) is 33.3 Å². The Hall–Kier alpha value is -5.60. The summed E-state index contributed by atoms with van der Waals surface area (Å²) in [6, 6.07) is 54.6. The van der Waals surface area contributed by atoms with Gasteiger partial charge in [0.2, 0.25) is 0 Å². The molecule has 0 fully saturated rings. The Morgan fingerprint density at radius 3 is 2.00 bits per heavy atom. The molecule has 2 nitrogen and oxygen atoms in total. The molecule has 1 aliphatic carbocycles. The van der Waals surface area contributed by atoms with Gasteiger partial charge in [-0.15, -0.1) is 0 Å². The molecule has 7 aromatic carbocycles. The fraction of sp³-hybridized carbons (Fsp3) is 0.0698. The van der Waals surface area contributed by atoms with Crippen LogP contribution in [0, 0.1) is 0 Å². The summed E-state index contributed by atoms with van der Waals surface area (Å²) in [5.41, 5.74) is 12.7. The van der Waals surface area contributed by atoms with Gasteiger partial charge in [0.05, 0.1) is 5.69 Å². The minimum absolute atomic E-state index is 0.146. The van der Waals surface area contributed by atoms with Gasteiger partial charge in [-0.2, -0.15) is 0 Å². The molecule has 2 heteroatoms. The van der Waals surface area contributed by atoms with Crippen LogP contribution in [0.4, 0.5) is 17.1 Å². The van der Waals surface area contributed by atoms with Gasteiger partial charge in [-0.05, 0) is 75.0 Å². The van der Waals surface area contributed by atoms with Crippen LogP contribution < -0.4 is 4.90 Å². The van der Waals surface area contributed by atoms with Gasteiger partial charge < -0.3 is 9.32 Å². The molecule has 1 aromatic heterocycles. The Bertz CT molecular complexity index is 2400. The summed E-state index contributed by atoms with van der Waals surface area (Å²) in [5, 5.41) is 4.82. The fourth-order valence-electron chi connectivity index (χ4n) is 7.53. The number of hydrogen-bond acceptors (Lipinski definition) is 2. The molecule has 0 atom stereocenters. The topological polar surface area (TPSA) is 16.4 Å². The first kappa shape index (κ1) is 25.9. The van der Waals surface area contributed by atoms with Crippen LogP contribution in [0.25, 0.3) is 55.0 Å². The van der Waals surface area contributed by atoms with Crippen LogP contribution in [0.5, 0.6) is 0 Å². The second-order valence-electron chi connectivity index (χ2n) is 12.6. The third kappa shape index (κ3) is 3.89. The van der Waals surface area contributed by atoms with E-state index < -0.39 is 0 Å². The van der Waals surface area contributed by atoms with E-state index in [1.807, 2.05) is 12.1 Å². The van der Waals surface area contributed by atoms with Crippen molar-refractivity contribution >= 4 is 49.8 Å². The van der Waals surface area contributed by atoms with Crippen LogP contribution in [0.2, 0.25) is 0 Å². The Labute approximate surface area is 262 Å². The van der Waals surface area contributed by atoms with Gasteiger partial charge in [-0.25, -0.2) is 0 Å². The number of furan rings is 1. The normalized spacial score (nSPS) is 13.3. The summed E-state index contributed by atoms with van der Waals surface area (Å²) >= 11 is 0. The second kappa shape index (κ2) is 9.70. The second-order valence-corrected chi connectivity index (χ2v) is 12.6. The average molecular weight is 578 g/mol. The van der Waals surface area contributed by atoms with Crippen molar-refractivity contribution in [1.82, 2.24) is 0 Å². The molecular weight excluding hydrogens is 546 g/mol. The van der Waals surface area contributed by atoms with Crippen molar-refractivity contribution in [1.29, 1.82) is 0 Å². The van der Waals surface area contributed by atoms with Crippen molar-refractivity contribution < 1.29 is 4.42 Å². The van der Waals surface area contributed by atoms with E-state index in [2.05, 4.69) is 158 Å². The molecule has 1 aliphatic rings. The maximum absolute atomic E-state index is 6.42. The number of rotatable bonds is 4. The third-order valence-electron chi connectivity index (χ3n) is 9.62. The Balaban J connectivity index is 1.34. The molecule has 1 heterocycles. The first-order chi connectivity index (χ1) is 22.1. The summed E-state index contributed by atoms with van der Waals surface area (Å²) in [4.78, 5) is 2.42. The zero-order chi connectivity index (χ0) is 30.1. The Kier molecular flexibility index (Phi) is 5.58. The molecule has 0 N–H and O–H groups in total. The van der Waals surface area contributed by atoms with E-state index in [4.69, 9.17) is 4.42 Å². The molecule has 0 radical (unpaired) electrons. The summed E-state index contributed by atoms with van der Waals surface area (Å²) < 4.78 is 6.42.